The van der Waals surface area contributed by atoms with Crippen molar-refractivity contribution in [3.63, 3.8) is 0 Å². The summed E-state index contributed by atoms with van der Waals surface area (Å²) in [5.41, 5.74) is 0.783. The van der Waals surface area contributed by atoms with Crippen molar-refractivity contribution in [1.29, 1.82) is 0 Å². The van der Waals surface area contributed by atoms with Crippen LogP contribution in [0.1, 0.15) is 56.9 Å². The smallest absolute Gasteiger partial charge is 0.239 e. The van der Waals surface area contributed by atoms with Gasteiger partial charge >= 0.3 is 0 Å². The van der Waals surface area contributed by atoms with E-state index in [9.17, 15) is 14.4 Å². The molecule has 7 nitrogen and oxygen atoms in total. The van der Waals surface area contributed by atoms with E-state index in [0.29, 0.717) is 17.3 Å². The lowest BCUT2D eigenvalue weighted by Gasteiger charge is -2.26. The van der Waals surface area contributed by atoms with Gasteiger partial charge in [0.15, 0.2) is 0 Å². The molecule has 1 aromatic heterocycles. The molecule has 8 heteroatoms. The highest BCUT2D eigenvalue weighted by molar-refractivity contribution is 6.31. The molecule has 0 aliphatic heterocycles. The number of benzene rings is 1. The maximum Gasteiger partial charge on any atom is 0.239 e. The van der Waals surface area contributed by atoms with Crippen molar-refractivity contribution in [2.45, 2.75) is 64.0 Å². The number of amides is 3. The van der Waals surface area contributed by atoms with E-state index >= 15 is 0 Å². The molecule has 1 heterocycles. The van der Waals surface area contributed by atoms with Crippen LogP contribution < -0.4 is 10.6 Å². The SMILES string of the molecule is O=C(CCCC(=O)N(CC(=O)NC1CCCCC1)Cc1ccccc1Cl)Nc1ccccn1. The Balaban J connectivity index is 1.54. The van der Waals surface area contributed by atoms with Gasteiger partial charge in [0.2, 0.25) is 17.7 Å². The number of carbonyl (C=O) groups excluding carboxylic acids is 3. The van der Waals surface area contributed by atoms with Crippen LogP contribution in [0, 0.1) is 0 Å². The molecule has 1 saturated carbocycles. The van der Waals surface area contributed by atoms with Gasteiger partial charge in [0.05, 0.1) is 6.54 Å². The second kappa shape index (κ2) is 12.9. The Bertz CT molecular complexity index is 932. The topological polar surface area (TPSA) is 91.4 Å². The minimum Gasteiger partial charge on any atom is -0.352 e. The molecule has 0 spiro atoms. The predicted octanol–water partition coefficient (Wildman–Crippen LogP) is 4.32. The van der Waals surface area contributed by atoms with Crippen LogP contribution in [0.25, 0.3) is 0 Å². The van der Waals surface area contributed by atoms with E-state index in [0.717, 1.165) is 31.2 Å². The van der Waals surface area contributed by atoms with Crippen molar-refractivity contribution in [2.24, 2.45) is 0 Å². The van der Waals surface area contributed by atoms with Gasteiger partial charge in [0.1, 0.15) is 5.82 Å². The zero-order valence-electron chi connectivity index (χ0n) is 18.8. The molecule has 1 aliphatic carbocycles. The van der Waals surface area contributed by atoms with Crippen molar-refractivity contribution in [2.75, 3.05) is 11.9 Å². The first-order valence-corrected chi connectivity index (χ1v) is 11.9. The molecule has 33 heavy (non-hydrogen) atoms. The number of nitrogens with zero attached hydrogens (tertiary/aromatic N) is 2. The van der Waals surface area contributed by atoms with E-state index < -0.39 is 0 Å². The summed E-state index contributed by atoms with van der Waals surface area (Å²) in [5, 5.41) is 6.34. The number of nitrogens with one attached hydrogen (secondary N) is 2. The second-order valence-corrected chi connectivity index (χ2v) is 8.77. The maximum atomic E-state index is 13.0. The fourth-order valence-corrected chi connectivity index (χ4v) is 4.15. The Labute approximate surface area is 199 Å². The van der Waals surface area contributed by atoms with E-state index in [2.05, 4.69) is 15.6 Å². The standard InChI is InChI=1S/C25H31ClN4O3/c26-21-12-5-4-9-19(21)17-30(18-24(32)28-20-10-2-1-3-11-20)25(33)15-8-14-23(31)29-22-13-6-7-16-27-22/h4-7,9,12-13,16,20H,1-3,8,10-11,14-15,17-18H2,(H,28,32)(H,27,29,31). The molecular weight excluding hydrogens is 440 g/mol. The Morgan fingerprint density at radius 1 is 0.970 bits per heavy atom. The molecule has 0 saturated heterocycles. The molecule has 1 fully saturated rings. The van der Waals surface area contributed by atoms with Gasteiger partial charge in [-0.3, -0.25) is 14.4 Å². The van der Waals surface area contributed by atoms with Crippen molar-refractivity contribution >= 4 is 35.1 Å². The predicted molar refractivity (Wildman–Crippen MR) is 129 cm³/mol. The molecule has 3 rings (SSSR count). The van der Waals surface area contributed by atoms with E-state index in [1.807, 2.05) is 18.2 Å². The maximum absolute atomic E-state index is 13.0. The Morgan fingerprint density at radius 3 is 2.45 bits per heavy atom. The summed E-state index contributed by atoms with van der Waals surface area (Å²) in [4.78, 5) is 43.4. The fourth-order valence-electron chi connectivity index (χ4n) is 3.96. The molecule has 1 aliphatic rings. The third-order valence-electron chi connectivity index (χ3n) is 5.70. The Hall–Kier alpha value is -2.93. The largest absolute Gasteiger partial charge is 0.352 e. The van der Waals surface area contributed by atoms with Gasteiger partial charge in [-0.05, 0) is 43.0 Å². The third-order valence-corrected chi connectivity index (χ3v) is 6.07. The minimum atomic E-state index is -0.200. The Kier molecular flexibility index (Phi) is 9.69. The number of halogens is 1. The van der Waals surface area contributed by atoms with Crippen molar-refractivity contribution in [1.82, 2.24) is 15.2 Å². The van der Waals surface area contributed by atoms with Crippen LogP contribution in [0.2, 0.25) is 5.02 Å². The van der Waals surface area contributed by atoms with Gasteiger partial charge in [-0.2, -0.15) is 0 Å². The molecule has 0 atom stereocenters. The quantitative estimate of drug-likeness (QED) is 0.541. The van der Waals surface area contributed by atoms with Gasteiger partial charge in [-0.15, -0.1) is 0 Å². The van der Waals surface area contributed by atoms with Crippen LogP contribution in [-0.4, -0.2) is 40.2 Å². The molecule has 3 amide bonds. The van der Waals surface area contributed by atoms with Crippen molar-refractivity contribution < 1.29 is 14.4 Å². The van der Waals surface area contributed by atoms with Crippen LogP contribution in [-0.2, 0) is 20.9 Å². The lowest BCUT2D eigenvalue weighted by atomic mass is 9.95. The first-order valence-electron chi connectivity index (χ1n) is 11.5. The van der Waals surface area contributed by atoms with E-state index in [-0.39, 0.29) is 49.7 Å². The average molecular weight is 471 g/mol. The number of anilines is 1. The molecule has 0 radical (unpaired) electrons. The van der Waals surface area contributed by atoms with Crippen LogP contribution in [0.4, 0.5) is 5.82 Å². The van der Waals surface area contributed by atoms with E-state index in [4.69, 9.17) is 11.6 Å². The summed E-state index contributed by atoms with van der Waals surface area (Å²) >= 11 is 6.29. The molecular formula is C25H31ClN4O3. The summed E-state index contributed by atoms with van der Waals surface area (Å²) in [6, 6.07) is 12.7. The lowest BCUT2D eigenvalue weighted by Crippen LogP contribution is -2.44. The summed E-state index contributed by atoms with van der Waals surface area (Å²) < 4.78 is 0. The third kappa shape index (κ3) is 8.50. The van der Waals surface area contributed by atoms with Crippen LogP contribution in [0.15, 0.2) is 48.7 Å². The lowest BCUT2D eigenvalue weighted by molar-refractivity contribution is -0.137. The molecule has 2 aromatic rings. The highest BCUT2D eigenvalue weighted by Gasteiger charge is 2.21. The number of hydrogen-bond acceptors (Lipinski definition) is 4. The minimum absolute atomic E-state index is 0.0271. The van der Waals surface area contributed by atoms with Crippen LogP contribution in [0.5, 0.6) is 0 Å². The number of rotatable bonds is 10. The molecule has 2 N–H and O–H groups in total. The zero-order valence-corrected chi connectivity index (χ0v) is 19.5. The zero-order chi connectivity index (χ0) is 23.5. The molecule has 1 aromatic carbocycles. The molecule has 0 bridgehead atoms. The summed E-state index contributed by atoms with van der Waals surface area (Å²) in [5.74, 6) is -0.0581. The average Bonchev–Trinajstić information content (AvgIpc) is 2.81. The number of pyridine rings is 1. The van der Waals surface area contributed by atoms with Crippen LogP contribution in [0.3, 0.4) is 0 Å². The number of hydrogen-bond donors (Lipinski definition) is 2. The molecule has 176 valence electrons. The first kappa shape index (κ1) is 24.7. The van der Waals surface area contributed by atoms with Crippen molar-refractivity contribution in [3.8, 4) is 0 Å². The molecule has 0 unspecified atom stereocenters. The van der Waals surface area contributed by atoms with Gasteiger partial charge in [-0.1, -0.05) is 55.1 Å². The number of carbonyl (C=O) groups is 3. The summed E-state index contributed by atoms with van der Waals surface area (Å²) in [7, 11) is 0. The highest BCUT2D eigenvalue weighted by Crippen LogP contribution is 2.19. The van der Waals surface area contributed by atoms with Gasteiger partial charge in [-0.25, -0.2) is 4.98 Å². The van der Waals surface area contributed by atoms with E-state index in [1.54, 1.807) is 30.5 Å². The fraction of sp³-hybridized carbons (Fsp3) is 0.440. The highest BCUT2D eigenvalue weighted by atomic mass is 35.5. The van der Waals surface area contributed by atoms with Crippen LogP contribution >= 0.6 is 11.6 Å². The first-order chi connectivity index (χ1) is 16.0. The number of aromatic nitrogens is 1. The van der Waals surface area contributed by atoms with Gasteiger partial charge in [0, 0.05) is 36.6 Å². The Morgan fingerprint density at radius 2 is 1.73 bits per heavy atom. The second-order valence-electron chi connectivity index (χ2n) is 8.36. The van der Waals surface area contributed by atoms with E-state index in [1.165, 1.54) is 11.3 Å². The normalized spacial score (nSPS) is 13.8. The summed E-state index contributed by atoms with van der Waals surface area (Å²) in [6.45, 7) is 0.220. The van der Waals surface area contributed by atoms with Gasteiger partial charge < -0.3 is 15.5 Å². The van der Waals surface area contributed by atoms with Gasteiger partial charge in [0.25, 0.3) is 0 Å². The monoisotopic (exact) mass is 470 g/mol. The summed E-state index contributed by atoms with van der Waals surface area (Å²) in [6.07, 6.45) is 7.74. The van der Waals surface area contributed by atoms with Crippen molar-refractivity contribution in [3.05, 3.63) is 59.2 Å².